The SMILES string of the molecule is CC(=O)O[C@@H]1[C@@H](OC(C)=O)[C@H](OCC[N+](C)(C)CCl)OC[C@H]1OC(C)=O.[I-]. The van der Waals surface area contributed by atoms with Crippen LogP contribution in [0.25, 0.3) is 0 Å². The Kier molecular flexibility index (Phi) is 11.7. The van der Waals surface area contributed by atoms with Crippen molar-refractivity contribution in [2.24, 2.45) is 0 Å². The number of ether oxygens (including phenoxy) is 5. The van der Waals surface area contributed by atoms with Crippen molar-refractivity contribution in [3.63, 3.8) is 0 Å². The second-order valence-corrected chi connectivity index (χ2v) is 6.89. The van der Waals surface area contributed by atoms with E-state index in [9.17, 15) is 14.4 Å². The fraction of sp³-hybridized carbons (Fsp3) is 0.812. The van der Waals surface area contributed by atoms with E-state index in [2.05, 4.69) is 0 Å². The summed E-state index contributed by atoms with van der Waals surface area (Å²) in [6.07, 6.45) is -3.98. The van der Waals surface area contributed by atoms with Crippen molar-refractivity contribution < 1.29 is 66.5 Å². The van der Waals surface area contributed by atoms with Gasteiger partial charge in [-0.2, -0.15) is 0 Å². The van der Waals surface area contributed by atoms with E-state index < -0.39 is 42.5 Å². The molecule has 0 spiro atoms. The van der Waals surface area contributed by atoms with Gasteiger partial charge in [0, 0.05) is 20.8 Å². The molecule has 158 valence electrons. The minimum absolute atomic E-state index is 0. The molecular formula is C16H27ClINO8. The Morgan fingerprint density at radius 3 is 2.00 bits per heavy atom. The van der Waals surface area contributed by atoms with Gasteiger partial charge in [0.2, 0.25) is 0 Å². The van der Waals surface area contributed by atoms with Gasteiger partial charge in [0.05, 0.1) is 27.3 Å². The summed E-state index contributed by atoms with van der Waals surface area (Å²) >= 11 is 5.87. The van der Waals surface area contributed by atoms with Gasteiger partial charge in [-0.25, -0.2) is 0 Å². The third kappa shape index (κ3) is 9.37. The molecular weight excluding hydrogens is 497 g/mol. The quantitative estimate of drug-likeness (QED) is 0.0856. The molecule has 0 aliphatic carbocycles. The van der Waals surface area contributed by atoms with Gasteiger partial charge in [-0.3, -0.25) is 14.4 Å². The van der Waals surface area contributed by atoms with Gasteiger partial charge in [0.25, 0.3) is 0 Å². The third-order valence-electron chi connectivity index (χ3n) is 3.61. The van der Waals surface area contributed by atoms with Gasteiger partial charge in [-0.1, -0.05) is 11.6 Å². The van der Waals surface area contributed by atoms with E-state index >= 15 is 0 Å². The van der Waals surface area contributed by atoms with E-state index in [4.69, 9.17) is 35.3 Å². The zero-order chi connectivity index (χ0) is 19.9. The number of rotatable bonds is 8. The van der Waals surface area contributed by atoms with Crippen LogP contribution in [0.5, 0.6) is 0 Å². The number of esters is 3. The Bertz CT molecular complexity index is 519. The Balaban J connectivity index is 0.00000676. The molecule has 1 rings (SSSR count). The first-order valence-corrected chi connectivity index (χ1v) is 8.72. The van der Waals surface area contributed by atoms with Gasteiger partial charge in [-0.15, -0.1) is 0 Å². The Hall–Kier alpha value is -0.690. The van der Waals surface area contributed by atoms with E-state index in [1.54, 1.807) is 0 Å². The van der Waals surface area contributed by atoms with Crippen LogP contribution >= 0.6 is 11.6 Å². The summed E-state index contributed by atoms with van der Waals surface area (Å²) in [4.78, 5) is 34.3. The first kappa shape index (κ1) is 26.3. The van der Waals surface area contributed by atoms with Gasteiger partial charge >= 0.3 is 17.9 Å². The number of carbonyl (C=O) groups excluding carboxylic acids is 3. The molecule has 0 unspecified atom stereocenters. The summed E-state index contributed by atoms with van der Waals surface area (Å²) in [5, 5.41) is 0. The molecule has 0 aromatic carbocycles. The van der Waals surface area contributed by atoms with Gasteiger partial charge in [0.15, 0.2) is 30.6 Å². The number of halogens is 2. The molecule has 11 heteroatoms. The highest BCUT2D eigenvalue weighted by molar-refractivity contribution is 6.16. The molecule has 0 amide bonds. The molecule has 0 aromatic heterocycles. The summed E-state index contributed by atoms with van der Waals surface area (Å²) in [7, 11) is 3.86. The molecule has 4 atom stereocenters. The summed E-state index contributed by atoms with van der Waals surface area (Å²) in [6, 6.07) is 0.396. The van der Waals surface area contributed by atoms with Crippen LogP contribution in [0.1, 0.15) is 20.8 Å². The van der Waals surface area contributed by atoms with Crippen LogP contribution in [-0.2, 0) is 38.1 Å². The lowest BCUT2D eigenvalue weighted by Gasteiger charge is -2.40. The normalized spacial score (nSPS) is 25.1. The molecule has 1 saturated heterocycles. The lowest BCUT2D eigenvalue weighted by atomic mass is 10.0. The summed E-state index contributed by atoms with van der Waals surface area (Å²) < 4.78 is 27.4. The highest BCUT2D eigenvalue weighted by Gasteiger charge is 2.47. The standard InChI is InChI=1S/C16H27ClNO8.HI/c1-10(19)24-13-8-23-16(22-7-6-18(4,5)9-17)15(26-12(3)21)14(13)25-11(2)20;/h13-16H,6-9H2,1-5H3;1H/q+1;/p-1/t13-,14+,15-,16-;/m1./s1. The monoisotopic (exact) mass is 523 g/mol. The van der Waals surface area contributed by atoms with Crippen LogP contribution in [-0.4, -0.2) is 86.9 Å². The number of quaternary nitrogens is 1. The number of carbonyl (C=O) groups is 3. The molecule has 0 radical (unpaired) electrons. The molecule has 27 heavy (non-hydrogen) atoms. The summed E-state index contributed by atoms with van der Waals surface area (Å²) in [5.74, 6) is -1.78. The lowest BCUT2D eigenvalue weighted by molar-refractivity contribution is -0.879. The Morgan fingerprint density at radius 1 is 1.00 bits per heavy atom. The molecule has 0 saturated carbocycles. The van der Waals surface area contributed by atoms with Crippen molar-refractivity contribution in [1.82, 2.24) is 0 Å². The van der Waals surface area contributed by atoms with Crippen LogP contribution in [0.15, 0.2) is 0 Å². The summed E-state index contributed by atoms with van der Waals surface area (Å²) in [5.41, 5.74) is 0. The maximum absolute atomic E-state index is 11.5. The van der Waals surface area contributed by atoms with Gasteiger partial charge in [0.1, 0.15) is 6.54 Å². The van der Waals surface area contributed by atoms with Crippen LogP contribution in [0.3, 0.4) is 0 Å². The van der Waals surface area contributed by atoms with Crippen molar-refractivity contribution in [3.05, 3.63) is 0 Å². The van der Waals surface area contributed by atoms with E-state index in [1.165, 1.54) is 20.8 Å². The molecule has 0 N–H and O–H groups in total. The maximum atomic E-state index is 11.5. The molecule has 0 aromatic rings. The number of nitrogens with zero attached hydrogens (tertiary/aromatic N) is 1. The van der Waals surface area contributed by atoms with Crippen molar-refractivity contribution in [1.29, 1.82) is 0 Å². The molecule has 1 fully saturated rings. The minimum Gasteiger partial charge on any atom is -1.00 e. The van der Waals surface area contributed by atoms with E-state index in [0.717, 1.165) is 0 Å². The van der Waals surface area contributed by atoms with Crippen LogP contribution in [0.2, 0.25) is 0 Å². The average Bonchev–Trinajstić information content (AvgIpc) is 2.51. The first-order chi connectivity index (χ1) is 12.1. The van der Waals surface area contributed by atoms with Crippen molar-refractivity contribution >= 4 is 29.5 Å². The van der Waals surface area contributed by atoms with Crippen molar-refractivity contribution in [2.45, 2.75) is 45.4 Å². The second kappa shape index (κ2) is 12.0. The van der Waals surface area contributed by atoms with E-state index in [0.29, 0.717) is 17.0 Å². The van der Waals surface area contributed by atoms with Crippen molar-refractivity contribution in [3.8, 4) is 0 Å². The number of hydrogen-bond donors (Lipinski definition) is 0. The molecule has 9 nitrogen and oxygen atoms in total. The fourth-order valence-corrected chi connectivity index (χ4v) is 2.45. The van der Waals surface area contributed by atoms with Crippen LogP contribution < -0.4 is 24.0 Å². The van der Waals surface area contributed by atoms with E-state index in [1.807, 2.05) is 14.1 Å². The van der Waals surface area contributed by atoms with Gasteiger partial charge < -0.3 is 52.1 Å². The Morgan fingerprint density at radius 2 is 1.52 bits per heavy atom. The van der Waals surface area contributed by atoms with Crippen LogP contribution in [0.4, 0.5) is 0 Å². The maximum Gasteiger partial charge on any atom is 0.303 e. The Labute approximate surface area is 181 Å². The largest absolute Gasteiger partial charge is 1.00 e. The number of likely N-dealkylation sites (N-methyl/N-ethyl adjacent to an activating group) is 1. The first-order valence-electron chi connectivity index (χ1n) is 8.18. The average molecular weight is 524 g/mol. The smallest absolute Gasteiger partial charge is 0.303 e. The lowest BCUT2D eigenvalue weighted by Crippen LogP contribution is -3.00. The second-order valence-electron chi connectivity index (χ2n) is 6.65. The highest BCUT2D eigenvalue weighted by Crippen LogP contribution is 2.25. The highest BCUT2D eigenvalue weighted by atomic mass is 127. The molecule has 1 aliphatic rings. The topological polar surface area (TPSA) is 97.4 Å². The number of hydrogen-bond acceptors (Lipinski definition) is 8. The van der Waals surface area contributed by atoms with Gasteiger partial charge in [-0.05, 0) is 0 Å². The number of alkyl halides is 1. The fourth-order valence-electron chi connectivity index (χ4n) is 2.33. The molecule has 0 bridgehead atoms. The molecule has 1 heterocycles. The van der Waals surface area contributed by atoms with Crippen molar-refractivity contribution in [2.75, 3.05) is 39.9 Å². The third-order valence-corrected chi connectivity index (χ3v) is 4.25. The zero-order valence-electron chi connectivity index (χ0n) is 16.1. The molecule has 1 aliphatic heterocycles. The van der Waals surface area contributed by atoms with Crippen LogP contribution in [0, 0.1) is 0 Å². The minimum atomic E-state index is -1.07. The zero-order valence-corrected chi connectivity index (χ0v) is 19.0. The predicted octanol–water partition coefficient (Wildman–Crippen LogP) is -2.57. The van der Waals surface area contributed by atoms with E-state index in [-0.39, 0.29) is 37.2 Å². The summed E-state index contributed by atoms with van der Waals surface area (Å²) in [6.45, 7) is 4.44. The predicted molar refractivity (Wildman–Crippen MR) is 90.0 cm³/mol.